The van der Waals surface area contributed by atoms with Crippen LogP contribution in [0.3, 0.4) is 0 Å². The average Bonchev–Trinajstić information content (AvgIpc) is 2.13. The van der Waals surface area contributed by atoms with Crippen LogP contribution in [0.2, 0.25) is 5.02 Å². The fraction of sp³-hybridized carbons (Fsp3) is 0.444. The maximum Gasteiger partial charge on any atom is 0.139 e. The van der Waals surface area contributed by atoms with E-state index < -0.39 is 0 Å². The largest absolute Gasteiger partial charge is 0.491 e. The van der Waals surface area contributed by atoms with Gasteiger partial charge in [-0.1, -0.05) is 18.5 Å². The van der Waals surface area contributed by atoms with Crippen molar-refractivity contribution >= 4 is 11.6 Å². The highest BCUT2D eigenvalue weighted by atomic mass is 35.5. The molecular formula is C9H13ClN2O. The SMILES string of the molecule is CCNCCOc1cncc(Cl)c1. The van der Waals surface area contributed by atoms with Crippen LogP contribution in [0, 0.1) is 0 Å². The quantitative estimate of drug-likeness (QED) is 0.736. The van der Waals surface area contributed by atoms with Crippen LogP contribution in [0.5, 0.6) is 5.75 Å². The van der Waals surface area contributed by atoms with Gasteiger partial charge in [-0.25, -0.2) is 0 Å². The van der Waals surface area contributed by atoms with Crippen molar-refractivity contribution in [2.45, 2.75) is 6.92 Å². The summed E-state index contributed by atoms with van der Waals surface area (Å²) in [6.45, 7) is 4.48. The summed E-state index contributed by atoms with van der Waals surface area (Å²) in [7, 11) is 0. The van der Waals surface area contributed by atoms with Gasteiger partial charge in [0, 0.05) is 18.8 Å². The zero-order chi connectivity index (χ0) is 9.52. The zero-order valence-corrected chi connectivity index (χ0v) is 8.34. The molecule has 0 atom stereocenters. The fourth-order valence-electron chi connectivity index (χ4n) is 0.889. The highest BCUT2D eigenvalue weighted by molar-refractivity contribution is 6.30. The first-order valence-corrected chi connectivity index (χ1v) is 4.65. The van der Waals surface area contributed by atoms with Crippen molar-refractivity contribution in [3.05, 3.63) is 23.5 Å². The lowest BCUT2D eigenvalue weighted by molar-refractivity contribution is 0.314. The van der Waals surface area contributed by atoms with Crippen molar-refractivity contribution in [2.75, 3.05) is 19.7 Å². The third-order valence-corrected chi connectivity index (χ3v) is 1.68. The summed E-state index contributed by atoms with van der Waals surface area (Å²) in [5.74, 6) is 0.713. The van der Waals surface area contributed by atoms with Gasteiger partial charge >= 0.3 is 0 Å². The molecule has 72 valence electrons. The van der Waals surface area contributed by atoms with E-state index in [2.05, 4.69) is 17.2 Å². The van der Waals surface area contributed by atoms with Crippen LogP contribution in [-0.2, 0) is 0 Å². The summed E-state index contributed by atoms with van der Waals surface area (Å²) in [6, 6.07) is 1.75. The molecule has 4 heteroatoms. The van der Waals surface area contributed by atoms with Gasteiger partial charge < -0.3 is 10.1 Å². The maximum atomic E-state index is 5.73. The first-order valence-electron chi connectivity index (χ1n) is 4.27. The molecule has 0 radical (unpaired) electrons. The van der Waals surface area contributed by atoms with Gasteiger partial charge in [-0.3, -0.25) is 4.98 Å². The second-order valence-corrected chi connectivity index (χ2v) is 2.98. The summed E-state index contributed by atoms with van der Waals surface area (Å²) in [5, 5.41) is 3.75. The third-order valence-electron chi connectivity index (χ3n) is 1.48. The molecular weight excluding hydrogens is 188 g/mol. The molecule has 0 bridgehead atoms. The lowest BCUT2D eigenvalue weighted by atomic mass is 10.4. The Bertz CT molecular complexity index is 255. The molecule has 1 aromatic heterocycles. The molecule has 1 rings (SSSR count). The van der Waals surface area contributed by atoms with Crippen LogP contribution in [0.1, 0.15) is 6.92 Å². The number of ether oxygens (including phenoxy) is 1. The smallest absolute Gasteiger partial charge is 0.139 e. The Morgan fingerprint density at radius 1 is 1.54 bits per heavy atom. The average molecular weight is 201 g/mol. The van der Waals surface area contributed by atoms with E-state index in [0.717, 1.165) is 13.1 Å². The van der Waals surface area contributed by atoms with Crippen molar-refractivity contribution in [2.24, 2.45) is 0 Å². The number of hydrogen-bond acceptors (Lipinski definition) is 3. The number of nitrogens with zero attached hydrogens (tertiary/aromatic N) is 1. The van der Waals surface area contributed by atoms with Crippen molar-refractivity contribution in [1.82, 2.24) is 10.3 Å². The van der Waals surface area contributed by atoms with Gasteiger partial charge in [0.2, 0.25) is 0 Å². The van der Waals surface area contributed by atoms with Crippen LogP contribution in [0.4, 0.5) is 0 Å². The summed E-state index contributed by atoms with van der Waals surface area (Å²) >= 11 is 5.73. The van der Waals surface area contributed by atoms with Crippen LogP contribution >= 0.6 is 11.6 Å². The monoisotopic (exact) mass is 200 g/mol. The van der Waals surface area contributed by atoms with Crippen molar-refractivity contribution < 1.29 is 4.74 Å². The molecule has 0 aromatic carbocycles. The van der Waals surface area contributed by atoms with E-state index >= 15 is 0 Å². The zero-order valence-electron chi connectivity index (χ0n) is 7.59. The predicted octanol–water partition coefficient (Wildman–Crippen LogP) is 1.72. The van der Waals surface area contributed by atoms with Crippen LogP contribution in [0.15, 0.2) is 18.5 Å². The molecule has 0 unspecified atom stereocenters. The number of nitrogens with one attached hydrogen (secondary N) is 1. The Morgan fingerprint density at radius 2 is 2.38 bits per heavy atom. The first kappa shape index (κ1) is 10.3. The number of likely N-dealkylation sites (N-methyl/N-ethyl adjacent to an activating group) is 1. The van der Waals surface area contributed by atoms with E-state index in [4.69, 9.17) is 16.3 Å². The Hall–Kier alpha value is -0.800. The summed E-state index contributed by atoms with van der Waals surface area (Å²) in [5.41, 5.74) is 0. The molecule has 0 aliphatic heterocycles. The van der Waals surface area contributed by atoms with Gasteiger partial charge in [-0.15, -0.1) is 0 Å². The second-order valence-electron chi connectivity index (χ2n) is 2.54. The number of halogens is 1. The van der Waals surface area contributed by atoms with Crippen molar-refractivity contribution in [3.63, 3.8) is 0 Å². The third kappa shape index (κ3) is 4.10. The Labute approximate surface area is 83.1 Å². The van der Waals surface area contributed by atoms with Gasteiger partial charge in [-0.2, -0.15) is 0 Å². The predicted molar refractivity (Wildman–Crippen MR) is 53.3 cm³/mol. The maximum absolute atomic E-state index is 5.73. The minimum Gasteiger partial charge on any atom is -0.491 e. The molecule has 1 N–H and O–H groups in total. The van der Waals surface area contributed by atoms with Gasteiger partial charge in [0.1, 0.15) is 12.4 Å². The summed E-state index contributed by atoms with van der Waals surface area (Å²) in [4.78, 5) is 3.91. The molecule has 1 aromatic rings. The number of hydrogen-bond donors (Lipinski definition) is 1. The summed E-state index contributed by atoms with van der Waals surface area (Å²) < 4.78 is 5.38. The lowest BCUT2D eigenvalue weighted by Gasteiger charge is -2.05. The highest BCUT2D eigenvalue weighted by Crippen LogP contribution is 2.14. The first-order chi connectivity index (χ1) is 6.33. The molecule has 0 aliphatic carbocycles. The van der Waals surface area contributed by atoms with E-state index in [-0.39, 0.29) is 0 Å². The molecule has 0 fully saturated rings. The van der Waals surface area contributed by atoms with E-state index in [1.807, 2.05) is 0 Å². The molecule has 0 saturated carbocycles. The Morgan fingerprint density at radius 3 is 3.08 bits per heavy atom. The molecule has 0 saturated heterocycles. The Kier molecular flexibility index (Phi) is 4.57. The van der Waals surface area contributed by atoms with Crippen LogP contribution in [-0.4, -0.2) is 24.7 Å². The second kappa shape index (κ2) is 5.78. The fourth-order valence-corrected chi connectivity index (χ4v) is 1.05. The number of aromatic nitrogens is 1. The molecule has 3 nitrogen and oxygen atoms in total. The van der Waals surface area contributed by atoms with Crippen LogP contribution in [0.25, 0.3) is 0 Å². The van der Waals surface area contributed by atoms with Gasteiger partial charge in [0.05, 0.1) is 11.2 Å². The number of pyridine rings is 1. The van der Waals surface area contributed by atoms with Gasteiger partial charge in [-0.05, 0) is 6.54 Å². The molecule has 13 heavy (non-hydrogen) atoms. The normalized spacial score (nSPS) is 10.0. The highest BCUT2D eigenvalue weighted by Gasteiger charge is 1.94. The van der Waals surface area contributed by atoms with E-state index in [9.17, 15) is 0 Å². The topological polar surface area (TPSA) is 34.1 Å². The van der Waals surface area contributed by atoms with Gasteiger partial charge in [0.15, 0.2) is 0 Å². The Balaban J connectivity index is 2.28. The molecule has 1 heterocycles. The van der Waals surface area contributed by atoms with E-state index in [1.165, 1.54) is 0 Å². The lowest BCUT2D eigenvalue weighted by Crippen LogP contribution is -2.20. The molecule has 0 aliphatic rings. The van der Waals surface area contributed by atoms with E-state index in [1.54, 1.807) is 18.5 Å². The molecule has 0 amide bonds. The summed E-state index contributed by atoms with van der Waals surface area (Å²) in [6.07, 6.45) is 3.23. The minimum absolute atomic E-state index is 0.598. The number of rotatable bonds is 5. The molecule has 0 spiro atoms. The van der Waals surface area contributed by atoms with Gasteiger partial charge in [0.25, 0.3) is 0 Å². The standard InChI is InChI=1S/C9H13ClN2O/c1-2-11-3-4-13-9-5-8(10)6-12-7-9/h5-7,11H,2-4H2,1H3. The van der Waals surface area contributed by atoms with Crippen LogP contribution < -0.4 is 10.1 Å². The van der Waals surface area contributed by atoms with Crippen molar-refractivity contribution in [3.8, 4) is 5.75 Å². The minimum atomic E-state index is 0.598. The van der Waals surface area contributed by atoms with Crippen molar-refractivity contribution in [1.29, 1.82) is 0 Å². The van der Waals surface area contributed by atoms with E-state index in [0.29, 0.717) is 17.4 Å².